The van der Waals surface area contributed by atoms with Crippen molar-refractivity contribution < 1.29 is 5.21 Å². The van der Waals surface area contributed by atoms with Crippen LogP contribution in [0.5, 0.6) is 0 Å². The number of rotatable bonds is 9. The number of nitrogens with two attached hydrogens (primary N) is 1. The van der Waals surface area contributed by atoms with E-state index in [1.165, 1.54) is 0 Å². The Labute approximate surface area is 102 Å². The molecule has 0 amide bonds. The fourth-order valence-corrected chi connectivity index (χ4v) is 1.72. The summed E-state index contributed by atoms with van der Waals surface area (Å²) in [5, 5.41) is 15.0. The summed E-state index contributed by atoms with van der Waals surface area (Å²) in [6, 6.07) is 0. The first-order chi connectivity index (χ1) is 7.54. The molecule has 94 valence electrons. The Morgan fingerprint density at radius 3 is 2.81 bits per heavy atom. The van der Waals surface area contributed by atoms with Crippen molar-refractivity contribution in [2.75, 3.05) is 24.6 Å². The van der Waals surface area contributed by atoms with Crippen LogP contribution < -0.4 is 11.1 Å². The summed E-state index contributed by atoms with van der Waals surface area (Å²) in [5.74, 6) is 2.36. The van der Waals surface area contributed by atoms with E-state index in [1.807, 2.05) is 31.7 Å². The first-order valence-corrected chi connectivity index (χ1v) is 6.57. The quantitative estimate of drug-likeness (QED) is 0.144. The summed E-state index contributed by atoms with van der Waals surface area (Å²) < 4.78 is 0. The highest BCUT2D eigenvalue weighted by Crippen LogP contribution is 2.19. The molecule has 0 bridgehead atoms. The van der Waals surface area contributed by atoms with Crippen molar-refractivity contribution in [3.8, 4) is 0 Å². The first-order valence-electron chi connectivity index (χ1n) is 5.42. The van der Waals surface area contributed by atoms with E-state index in [9.17, 15) is 0 Å². The normalized spacial score (nSPS) is 12.8. The zero-order valence-electron chi connectivity index (χ0n) is 10.2. The molecule has 4 nitrogen and oxygen atoms in total. The molecule has 0 atom stereocenters. The summed E-state index contributed by atoms with van der Waals surface area (Å²) in [6.07, 6.45) is 2.77. The van der Waals surface area contributed by atoms with Crippen LogP contribution >= 0.6 is 11.8 Å². The molecule has 0 heterocycles. The molecule has 0 radical (unpaired) electrons. The number of thioether (sulfide) groups is 1. The molecule has 16 heavy (non-hydrogen) atoms. The van der Waals surface area contributed by atoms with Gasteiger partial charge < -0.3 is 16.3 Å². The van der Waals surface area contributed by atoms with Crippen LogP contribution in [0.25, 0.3) is 0 Å². The summed E-state index contributed by atoms with van der Waals surface area (Å²) >= 11 is 1.85. The van der Waals surface area contributed by atoms with Gasteiger partial charge in [-0.15, -0.1) is 6.58 Å². The number of nitrogens with one attached hydrogen (secondary N) is 1. The molecule has 0 spiro atoms. The van der Waals surface area contributed by atoms with Gasteiger partial charge in [-0.3, -0.25) is 0 Å². The molecule has 0 aliphatic heterocycles. The Bertz CT molecular complexity index is 229. The van der Waals surface area contributed by atoms with Gasteiger partial charge in [0.2, 0.25) is 0 Å². The molecule has 0 aromatic heterocycles. The van der Waals surface area contributed by atoms with Gasteiger partial charge >= 0.3 is 0 Å². The lowest BCUT2D eigenvalue weighted by Crippen LogP contribution is -2.35. The lowest BCUT2D eigenvalue weighted by Gasteiger charge is -2.22. The fraction of sp³-hybridized carbons (Fsp3) is 0.727. The van der Waals surface area contributed by atoms with Gasteiger partial charge in [0.1, 0.15) is 5.84 Å². The molecule has 0 aliphatic rings. The molecule has 0 saturated carbocycles. The maximum absolute atomic E-state index is 8.60. The number of hydrogen-bond acceptors (Lipinski definition) is 4. The lowest BCUT2D eigenvalue weighted by molar-refractivity contribution is 0.305. The predicted octanol–water partition coefficient (Wildman–Crippen LogP) is 1.66. The molecule has 5 heteroatoms. The van der Waals surface area contributed by atoms with Gasteiger partial charge in [-0.1, -0.05) is 25.1 Å². The van der Waals surface area contributed by atoms with E-state index in [1.54, 1.807) is 0 Å². The number of oxime groups is 1. The summed E-state index contributed by atoms with van der Waals surface area (Å²) in [6.45, 7) is 9.45. The van der Waals surface area contributed by atoms with Crippen molar-refractivity contribution in [1.29, 1.82) is 0 Å². The second kappa shape index (κ2) is 8.47. The number of nitrogens with zero attached hydrogens (tertiary/aromatic N) is 1. The van der Waals surface area contributed by atoms with Gasteiger partial charge in [0.05, 0.1) is 0 Å². The van der Waals surface area contributed by atoms with Crippen molar-refractivity contribution in [3.05, 3.63) is 12.7 Å². The molecule has 0 aromatic rings. The van der Waals surface area contributed by atoms with Crippen LogP contribution in [0, 0.1) is 5.41 Å². The summed E-state index contributed by atoms with van der Waals surface area (Å²) in [4.78, 5) is 0. The number of amidine groups is 1. The minimum absolute atomic E-state index is 0.254. The van der Waals surface area contributed by atoms with Crippen LogP contribution in [0.15, 0.2) is 17.8 Å². The zero-order valence-corrected chi connectivity index (χ0v) is 11.0. The molecule has 0 rings (SSSR count). The van der Waals surface area contributed by atoms with Crippen molar-refractivity contribution in [3.63, 3.8) is 0 Å². The SMILES string of the molecule is C=CCSCCNCCC(C)(C)/C(N)=N/O. The van der Waals surface area contributed by atoms with E-state index in [0.29, 0.717) is 0 Å². The van der Waals surface area contributed by atoms with Crippen LogP contribution in [-0.2, 0) is 0 Å². The summed E-state index contributed by atoms with van der Waals surface area (Å²) in [5.41, 5.74) is 5.33. The minimum atomic E-state index is -0.254. The third-order valence-corrected chi connectivity index (χ3v) is 3.35. The molecule has 0 saturated heterocycles. The van der Waals surface area contributed by atoms with Crippen LogP contribution in [-0.4, -0.2) is 35.6 Å². The van der Waals surface area contributed by atoms with Gasteiger partial charge in [-0.25, -0.2) is 0 Å². The Morgan fingerprint density at radius 2 is 2.25 bits per heavy atom. The molecule has 0 unspecified atom stereocenters. The van der Waals surface area contributed by atoms with E-state index in [-0.39, 0.29) is 11.3 Å². The molecular weight excluding hydrogens is 222 g/mol. The highest BCUT2D eigenvalue weighted by molar-refractivity contribution is 7.99. The molecule has 4 N–H and O–H groups in total. The van der Waals surface area contributed by atoms with Crippen molar-refractivity contribution in [2.45, 2.75) is 20.3 Å². The predicted molar refractivity (Wildman–Crippen MR) is 72.2 cm³/mol. The monoisotopic (exact) mass is 245 g/mol. The van der Waals surface area contributed by atoms with Crippen LogP contribution in [0.1, 0.15) is 20.3 Å². The third kappa shape index (κ3) is 6.74. The second-order valence-corrected chi connectivity index (χ2v) is 5.38. The molecule has 0 aliphatic carbocycles. The van der Waals surface area contributed by atoms with E-state index in [0.717, 1.165) is 31.0 Å². The maximum Gasteiger partial charge on any atom is 0.144 e. The van der Waals surface area contributed by atoms with Crippen molar-refractivity contribution in [1.82, 2.24) is 5.32 Å². The molecular formula is C11H23N3OS. The van der Waals surface area contributed by atoms with Gasteiger partial charge in [0.25, 0.3) is 0 Å². The Hall–Kier alpha value is -0.680. The summed E-state index contributed by atoms with van der Waals surface area (Å²) in [7, 11) is 0. The van der Waals surface area contributed by atoms with Crippen molar-refractivity contribution >= 4 is 17.6 Å². The smallest absolute Gasteiger partial charge is 0.144 e. The largest absolute Gasteiger partial charge is 0.409 e. The second-order valence-electron chi connectivity index (χ2n) is 4.23. The van der Waals surface area contributed by atoms with Gasteiger partial charge in [-0.2, -0.15) is 11.8 Å². The first kappa shape index (κ1) is 15.3. The fourth-order valence-electron chi connectivity index (χ4n) is 1.10. The highest BCUT2D eigenvalue weighted by atomic mass is 32.2. The standard InChI is InChI=1S/C11H23N3OS/c1-4-8-16-9-7-13-6-5-11(2,3)10(12)14-15/h4,13,15H,1,5-9H2,2-3H3,(H2,12,14). The van der Waals surface area contributed by atoms with Gasteiger partial charge in [0, 0.05) is 23.5 Å². The number of hydrogen-bond donors (Lipinski definition) is 3. The molecule has 0 aromatic carbocycles. The topological polar surface area (TPSA) is 70.6 Å². The Kier molecular flexibility index (Phi) is 8.11. The van der Waals surface area contributed by atoms with Crippen LogP contribution in [0.3, 0.4) is 0 Å². The van der Waals surface area contributed by atoms with Gasteiger partial charge in [0.15, 0.2) is 0 Å². The highest BCUT2D eigenvalue weighted by Gasteiger charge is 2.22. The van der Waals surface area contributed by atoms with Crippen LogP contribution in [0.2, 0.25) is 0 Å². The van der Waals surface area contributed by atoms with Gasteiger partial charge in [-0.05, 0) is 13.0 Å². The van der Waals surface area contributed by atoms with E-state index in [4.69, 9.17) is 10.9 Å². The minimum Gasteiger partial charge on any atom is -0.409 e. The average molecular weight is 245 g/mol. The van der Waals surface area contributed by atoms with E-state index in [2.05, 4.69) is 17.1 Å². The lowest BCUT2D eigenvalue weighted by atomic mass is 9.88. The molecule has 0 fully saturated rings. The third-order valence-electron chi connectivity index (χ3n) is 2.39. The van der Waals surface area contributed by atoms with Crippen molar-refractivity contribution in [2.24, 2.45) is 16.3 Å². The Balaban J connectivity index is 3.54. The van der Waals surface area contributed by atoms with E-state index < -0.39 is 0 Å². The zero-order chi connectivity index (χ0) is 12.4. The van der Waals surface area contributed by atoms with Crippen LogP contribution in [0.4, 0.5) is 0 Å². The maximum atomic E-state index is 8.60. The van der Waals surface area contributed by atoms with E-state index >= 15 is 0 Å². The Morgan fingerprint density at radius 1 is 1.56 bits per heavy atom. The average Bonchev–Trinajstić information content (AvgIpc) is 2.26.